The van der Waals surface area contributed by atoms with Gasteiger partial charge in [0.15, 0.2) is 0 Å². The molecular weight excluding hydrogens is 244 g/mol. The van der Waals surface area contributed by atoms with Crippen molar-refractivity contribution in [3.8, 4) is 0 Å². The summed E-state index contributed by atoms with van der Waals surface area (Å²) in [5, 5.41) is 0. The summed E-state index contributed by atoms with van der Waals surface area (Å²) in [4.78, 5) is 0. The molecule has 3 fully saturated rings. The van der Waals surface area contributed by atoms with E-state index >= 15 is 0 Å². The van der Waals surface area contributed by atoms with E-state index in [9.17, 15) is 0 Å². The van der Waals surface area contributed by atoms with Crippen molar-refractivity contribution in [1.82, 2.24) is 0 Å². The average Bonchev–Trinajstić information content (AvgIpc) is 3.03. The first-order valence-corrected chi connectivity index (χ1v) is 8.48. The van der Waals surface area contributed by atoms with E-state index in [1.165, 1.54) is 50.5 Å². The van der Waals surface area contributed by atoms with E-state index in [1.54, 1.807) is 0 Å². The van der Waals surface area contributed by atoms with E-state index in [1.807, 2.05) is 6.26 Å². The molecule has 3 unspecified atom stereocenters. The van der Waals surface area contributed by atoms with Crippen molar-refractivity contribution in [3.05, 3.63) is 29.7 Å². The van der Waals surface area contributed by atoms with Gasteiger partial charge in [-0.05, 0) is 79.3 Å². The second-order valence-corrected chi connectivity index (χ2v) is 8.13. The number of allylic oxidation sites excluding steroid dienone is 1. The predicted molar refractivity (Wildman–Crippen MR) is 80.3 cm³/mol. The molecule has 4 aliphatic carbocycles. The third-order valence-electron chi connectivity index (χ3n) is 7.48. The number of hydrogen-bond donors (Lipinski definition) is 0. The standard InChI is InChI=1S/C19H24O/c1-18-8-6-16-14(7-11-20-16)15(18)5-10-19-9-4-13(12-19)2-3-17(18)19/h6-8,11,13,15,17H,2-5,9-10,12H2,1H3/t13?,15?,17?,18-,19+/m1/s1. The van der Waals surface area contributed by atoms with Crippen LogP contribution in [0.25, 0.3) is 6.08 Å². The van der Waals surface area contributed by atoms with Crippen LogP contribution >= 0.6 is 0 Å². The van der Waals surface area contributed by atoms with Crippen molar-refractivity contribution in [2.45, 2.75) is 57.8 Å². The fourth-order valence-corrected chi connectivity index (χ4v) is 6.63. The summed E-state index contributed by atoms with van der Waals surface area (Å²) in [5.41, 5.74) is 2.56. The van der Waals surface area contributed by atoms with Gasteiger partial charge >= 0.3 is 0 Å². The van der Waals surface area contributed by atoms with Crippen molar-refractivity contribution in [3.63, 3.8) is 0 Å². The fourth-order valence-electron chi connectivity index (χ4n) is 6.63. The molecule has 1 heteroatoms. The van der Waals surface area contributed by atoms with Crippen molar-refractivity contribution in [2.75, 3.05) is 0 Å². The third kappa shape index (κ3) is 1.25. The van der Waals surface area contributed by atoms with Crippen LogP contribution in [0.5, 0.6) is 0 Å². The summed E-state index contributed by atoms with van der Waals surface area (Å²) in [6.45, 7) is 2.55. The Bertz CT molecular complexity index is 582. The molecule has 1 heterocycles. The van der Waals surface area contributed by atoms with Crippen LogP contribution in [0.1, 0.15) is 69.1 Å². The normalized spacial score (nSPS) is 48.5. The zero-order chi connectivity index (χ0) is 13.4. The molecule has 2 bridgehead atoms. The Labute approximate surface area is 121 Å². The maximum absolute atomic E-state index is 5.66. The molecule has 3 saturated carbocycles. The second-order valence-electron chi connectivity index (χ2n) is 8.13. The maximum atomic E-state index is 5.66. The van der Waals surface area contributed by atoms with Crippen molar-refractivity contribution in [2.24, 2.45) is 22.7 Å². The van der Waals surface area contributed by atoms with Gasteiger partial charge < -0.3 is 4.42 Å². The zero-order valence-electron chi connectivity index (χ0n) is 12.4. The van der Waals surface area contributed by atoms with Crippen LogP contribution in [0.4, 0.5) is 0 Å². The molecule has 0 N–H and O–H groups in total. The molecule has 0 saturated heterocycles. The minimum absolute atomic E-state index is 0.379. The van der Waals surface area contributed by atoms with E-state index < -0.39 is 0 Å². The molecule has 106 valence electrons. The fraction of sp³-hybridized carbons (Fsp3) is 0.684. The summed E-state index contributed by atoms with van der Waals surface area (Å²) in [5.74, 6) is 3.80. The minimum atomic E-state index is 0.379. The largest absolute Gasteiger partial charge is 0.465 e. The van der Waals surface area contributed by atoms with Gasteiger partial charge in [0.2, 0.25) is 0 Å². The molecule has 5 atom stereocenters. The van der Waals surface area contributed by atoms with Gasteiger partial charge in [0.25, 0.3) is 0 Å². The highest BCUT2D eigenvalue weighted by molar-refractivity contribution is 5.55. The van der Waals surface area contributed by atoms with Gasteiger partial charge in [-0.25, -0.2) is 0 Å². The minimum Gasteiger partial charge on any atom is -0.465 e. The lowest BCUT2D eigenvalue weighted by Gasteiger charge is -2.58. The van der Waals surface area contributed by atoms with E-state index in [0.29, 0.717) is 16.7 Å². The summed E-state index contributed by atoms with van der Waals surface area (Å²) in [7, 11) is 0. The Balaban J connectivity index is 1.63. The highest BCUT2D eigenvalue weighted by Crippen LogP contribution is 2.69. The number of rotatable bonds is 0. The first-order valence-electron chi connectivity index (χ1n) is 8.48. The summed E-state index contributed by atoms with van der Waals surface area (Å²) in [6, 6.07) is 2.24. The Kier molecular flexibility index (Phi) is 2.10. The van der Waals surface area contributed by atoms with Crippen molar-refractivity contribution >= 4 is 6.08 Å². The Morgan fingerprint density at radius 3 is 3.00 bits per heavy atom. The van der Waals surface area contributed by atoms with Gasteiger partial charge in [-0.1, -0.05) is 19.4 Å². The highest BCUT2D eigenvalue weighted by atomic mass is 16.3. The molecule has 5 rings (SSSR count). The molecule has 0 aliphatic heterocycles. The molecule has 0 aromatic carbocycles. The van der Waals surface area contributed by atoms with E-state index in [2.05, 4.69) is 25.1 Å². The van der Waals surface area contributed by atoms with Crippen LogP contribution in [0.3, 0.4) is 0 Å². The van der Waals surface area contributed by atoms with Gasteiger partial charge in [0.1, 0.15) is 5.76 Å². The first-order chi connectivity index (χ1) is 9.71. The third-order valence-corrected chi connectivity index (χ3v) is 7.48. The van der Waals surface area contributed by atoms with E-state index in [0.717, 1.165) is 17.6 Å². The Morgan fingerprint density at radius 1 is 1.15 bits per heavy atom. The average molecular weight is 268 g/mol. The lowest BCUT2D eigenvalue weighted by molar-refractivity contribution is -0.0332. The van der Waals surface area contributed by atoms with Crippen molar-refractivity contribution < 1.29 is 4.42 Å². The topological polar surface area (TPSA) is 13.1 Å². The van der Waals surface area contributed by atoms with Gasteiger partial charge in [0.05, 0.1) is 6.26 Å². The summed E-state index contributed by atoms with van der Waals surface area (Å²) >= 11 is 0. The first kappa shape index (κ1) is 11.7. The number of furan rings is 1. The molecule has 20 heavy (non-hydrogen) atoms. The molecule has 0 amide bonds. The second kappa shape index (κ2) is 3.61. The maximum Gasteiger partial charge on any atom is 0.129 e. The molecule has 4 aliphatic rings. The lowest BCUT2D eigenvalue weighted by atomic mass is 9.46. The van der Waals surface area contributed by atoms with Crippen molar-refractivity contribution in [1.29, 1.82) is 0 Å². The van der Waals surface area contributed by atoms with Crippen LogP contribution in [0, 0.1) is 22.7 Å². The molecular formula is C19H24O. The van der Waals surface area contributed by atoms with Crippen LogP contribution in [0.15, 0.2) is 22.8 Å². The Hall–Kier alpha value is -0.980. The smallest absolute Gasteiger partial charge is 0.129 e. The van der Waals surface area contributed by atoms with Crippen LogP contribution in [0.2, 0.25) is 0 Å². The van der Waals surface area contributed by atoms with Crippen LogP contribution in [-0.2, 0) is 0 Å². The Morgan fingerprint density at radius 2 is 2.05 bits per heavy atom. The van der Waals surface area contributed by atoms with Crippen LogP contribution < -0.4 is 0 Å². The van der Waals surface area contributed by atoms with Gasteiger partial charge in [-0.3, -0.25) is 0 Å². The number of fused-ring (bicyclic) bond motifs is 5. The van der Waals surface area contributed by atoms with E-state index in [4.69, 9.17) is 4.42 Å². The van der Waals surface area contributed by atoms with E-state index in [-0.39, 0.29) is 0 Å². The van der Waals surface area contributed by atoms with Gasteiger partial charge in [-0.15, -0.1) is 0 Å². The molecule has 1 aromatic rings. The number of hydrogen-bond acceptors (Lipinski definition) is 1. The lowest BCUT2D eigenvalue weighted by Crippen LogP contribution is -2.49. The summed E-state index contributed by atoms with van der Waals surface area (Å²) < 4.78 is 5.66. The SMILES string of the molecule is C[C@@]12C=Cc3occc3C1CC[C@]13CCC(CCC12)C3. The monoisotopic (exact) mass is 268 g/mol. The van der Waals surface area contributed by atoms with Crippen LogP contribution in [-0.4, -0.2) is 0 Å². The highest BCUT2D eigenvalue weighted by Gasteiger charge is 2.59. The zero-order valence-corrected chi connectivity index (χ0v) is 12.4. The van der Waals surface area contributed by atoms with Gasteiger partial charge in [0, 0.05) is 5.56 Å². The molecule has 1 nitrogen and oxygen atoms in total. The van der Waals surface area contributed by atoms with Gasteiger partial charge in [-0.2, -0.15) is 0 Å². The summed E-state index contributed by atoms with van der Waals surface area (Å²) in [6.07, 6.45) is 17.0. The predicted octanol–water partition coefficient (Wildman–Crippen LogP) is 5.39. The molecule has 0 radical (unpaired) electrons. The molecule has 1 aromatic heterocycles. The quantitative estimate of drug-likeness (QED) is 0.615. The molecule has 1 spiro atoms.